The summed E-state index contributed by atoms with van der Waals surface area (Å²) in [5, 5.41) is 184. The SMILES string of the molecule is CC(=O)N[C@H]1[C@H](O[C@H]2[C@@H](O)[C@@H](CO)O[C@@H](O[C@H]3[C@H](O)[C@@H](O)[C@H](O)O[C@@H]3CO)[C@@H]2O)O[C@H](CO)[C@H](O[C@@H]2O[C@H](COC3(C(=O)O)C[C@H](O)[C@@H](NC(C)=O)[C@H]([C@H](O)[C@H](O)CO)O3)[C@H](O)[C@H](O)[C@H]2O)[C@@H]1O. The van der Waals surface area contributed by atoms with E-state index in [4.69, 9.17) is 42.6 Å². The quantitative estimate of drug-likeness (QED) is 0.0606. The smallest absolute Gasteiger partial charge is 0.364 e. The van der Waals surface area contributed by atoms with Crippen LogP contribution in [0.1, 0.15) is 20.3 Å². The Bertz CT molecular complexity index is 1660. The van der Waals surface area contributed by atoms with E-state index in [0.717, 1.165) is 13.8 Å². The van der Waals surface area contributed by atoms with Crippen LogP contribution in [0.25, 0.3) is 0 Å². The molecule has 31 heteroatoms. The maximum Gasteiger partial charge on any atom is 0.364 e. The number of aliphatic hydroxyl groups excluding tert-OH is 16. The van der Waals surface area contributed by atoms with Crippen molar-refractivity contribution in [2.24, 2.45) is 0 Å². The summed E-state index contributed by atoms with van der Waals surface area (Å²) in [6.45, 7) is -3.11. The molecule has 1 unspecified atom stereocenters. The number of carboxylic acid groups (broad SMARTS) is 1. The van der Waals surface area contributed by atoms with Crippen molar-refractivity contribution in [3.8, 4) is 0 Å². The molecule has 0 saturated carbocycles. The van der Waals surface area contributed by atoms with Crippen LogP contribution in [0.3, 0.4) is 0 Å². The summed E-state index contributed by atoms with van der Waals surface area (Å²) in [6, 6.07) is -3.37. The first-order valence-corrected chi connectivity index (χ1v) is 21.2. The molecule has 5 heterocycles. The second-order valence-electron chi connectivity index (χ2n) is 16.9. The molecule has 0 bridgehead atoms. The van der Waals surface area contributed by atoms with Crippen molar-refractivity contribution in [1.29, 1.82) is 0 Å². The molecule has 0 radical (unpaired) electrons. The van der Waals surface area contributed by atoms with Gasteiger partial charge in [-0.05, 0) is 0 Å². The molecule has 19 N–H and O–H groups in total. The van der Waals surface area contributed by atoms with Gasteiger partial charge in [0.2, 0.25) is 11.8 Å². The van der Waals surface area contributed by atoms with Crippen LogP contribution in [0.2, 0.25) is 0 Å². The van der Waals surface area contributed by atoms with Gasteiger partial charge in [-0.1, -0.05) is 0 Å². The third-order valence-corrected chi connectivity index (χ3v) is 12.1. The van der Waals surface area contributed by atoms with Gasteiger partial charge in [-0.25, -0.2) is 4.79 Å². The largest absolute Gasteiger partial charge is 0.477 e. The van der Waals surface area contributed by atoms with Crippen molar-refractivity contribution >= 4 is 17.8 Å². The zero-order valence-corrected chi connectivity index (χ0v) is 36.2. The number of carbonyl (C=O) groups is 3. The van der Waals surface area contributed by atoms with Gasteiger partial charge in [0.15, 0.2) is 25.2 Å². The van der Waals surface area contributed by atoms with E-state index >= 15 is 0 Å². The van der Waals surface area contributed by atoms with E-state index in [2.05, 4.69) is 10.6 Å². The number of hydrogen-bond donors (Lipinski definition) is 19. The fourth-order valence-electron chi connectivity index (χ4n) is 8.43. The lowest BCUT2D eigenvalue weighted by molar-refractivity contribution is -0.381. The predicted molar refractivity (Wildman–Crippen MR) is 207 cm³/mol. The number of rotatable bonds is 18. The Balaban J connectivity index is 1.35. The van der Waals surface area contributed by atoms with Crippen LogP contribution in [0.5, 0.6) is 0 Å². The molecule has 5 aliphatic rings. The van der Waals surface area contributed by atoms with Gasteiger partial charge in [0.25, 0.3) is 5.79 Å². The molecule has 5 fully saturated rings. The van der Waals surface area contributed by atoms with Crippen LogP contribution >= 0.6 is 0 Å². The molecule has 0 aliphatic carbocycles. The number of carbonyl (C=O) groups excluding carboxylic acids is 2. The summed E-state index contributed by atoms with van der Waals surface area (Å²) in [5.41, 5.74) is 0. The highest BCUT2D eigenvalue weighted by Gasteiger charge is 2.59. The molecule has 5 rings (SSSR count). The second-order valence-corrected chi connectivity index (χ2v) is 16.9. The number of nitrogens with one attached hydrogen (secondary N) is 2. The summed E-state index contributed by atoms with van der Waals surface area (Å²) < 4.78 is 50.3. The molecular formula is C37H62N2O29. The van der Waals surface area contributed by atoms with Crippen molar-refractivity contribution in [1.82, 2.24) is 10.6 Å². The van der Waals surface area contributed by atoms with Gasteiger partial charge in [0.1, 0.15) is 116 Å². The number of aliphatic carboxylic acids is 1. The third kappa shape index (κ3) is 12.0. The van der Waals surface area contributed by atoms with Crippen LogP contribution in [0.4, 0.5) is 0 Å². The van der Waals surface area contributed by atoms with Gasteiger partial charge in [-0.15, -0.1) is 0 Å². The Kier molecular flexibility index (Phi) is 19.7. The van der Waals surface area contributed by atoms with Crippen molar-refractivity contribution in [2.45, 2.75) is 179 Å². The summed E-state index contributed by atoms with van der Waals surface area (Å²) in [5.74, 6) is -6.55. The normalized spacial score (nSPS) is 46.6. The zero-order valence-electron chi connectivity index (χ0n) is 36.2. The van der Waals surface area contributed by atoms with Gasteiger partial charge >= 0.3 is 5.97 Å². The molecule has 5 aliphatic heterocycles. The first-order chi connectivity index (χ1) is 31.9. The topological polar surface area (TPSA) is 502 Å². The van der Waals surface area contributed by atoms with E-state index in [1.54, 1.807) is 0 Å². The lowest BCUT2D eigenvalue weighted by atomic mass is 9.88. The molecule has 2 amide bonds. The molecule has 0 aromatic heterocycles. The minimum Gasteiger partial charge on any atom is -0.477 e. The van der Waals surface area contributed by atoms with Crippen LogP contribution in [-0.2, 0) is 57.0 Å². The highest BCUT2D eigenvalue weighted by Crippen LogP contribution is 2.37. The average molecular weight is 999 g/mol. The van der Waals surface area contributed by atoms with Crippen molar-refractivity contribution < 1.29 is 144 Å². The summed E-state index contributed by atoms with van der Waals surface area (Å²) in [4.78, 5) is 37.1. The average Bonchev–Trinajstić information content (AvgIpc) is 3.29. The van der Waals surface area contributed by atoms with Crippen LogP contribution in [-0.4, -0.2) is 297 Å². The van der Waals surface area contributed by atoms with Gasteiger partial charge < -0.3 is 140 Å². The first-order valence-electron chi connectivity index (χ1n) is 21.2. The Labute approximate surface area is 384 Å². The number of amides is 2. The summed E-state index contributed by atoms with van der Waals surface area (Å²) in [6.07, 6.45) is -46.1. The van der Waals surface area contributed by atoms with Gasteiger partial charge in [0, 0.05) is 20.3 Å². The fourth-order valence-corrected chi connectivity index (χ4v) is 8.43. The van der Waals surface area contributed by atoms with Gasteiger partial charge in [0.05, 0.1) is 45.2 Å². The monoisotopic (exact) mass is 998 g/mol. The molecule has 394 valence electrons. The van der Waals surface area contributed by atoms with E-state index in [0.29, 0.717) is 0 Å². The fraction of sp³-hybridized carbons (Fsp3) is 0.919. The van der Waals surface area contributed by atoms with Crippen molar-refractivity contribution in [2.75, 3.05) is 33.0 Å². The Hall–Kier alpha value is -2.59. The maximum absolute atomic E-state index is 12.7. The maximum atomic E-state index is 12.7. The highest BCUT2D eigenvalue weighted by molar-refractivity contribution is 5.76. The van der Waals surface area contributed by atoms with Gasteiger partial charge in [-0.2, -0.15) is 0 Å². The second kappa shape index (κ2) is 23.8. The molecule has 0 spiro atoms. The minimum absolute atomic E-state index is 0.776. The zero-order chi connectivity index (χ0) is 50.7. The number of carboxylic acids is 1. The molecule has 68 heavy (non-hydrogen) atoms. The van der Waals surface area contributed by atoms with E-state index in [-0.39, 0.29) is 0 Å². The number of ether oxygens (including phenoxy) is 9. The first kappa shape index (κ1) is 56.3. The Morgan fingerprint density at radius 1 is 0.588 bits per heavy atom. The predicted octanol–water partition coefficient (Wildman–Crippen LogP) is -12.4. The van der Waals surface area contributed by atoms with Crippen LogP contribution in [0.15, 0.2) is 0 Å². The lowest BCUT2D eigenvalue weighted by Gasteiger charge is -2.50. The van der Waals surface area contributed by atoms with E-state index < -0.39 is 216 Å². The lowest BCUT2D eigenvalue weighted by Crippen LogP contribution is -2.70. The molecule has 31 nitrogen and oxygen atoms in total. The van der Waals surface area contributed by atoms with Crippen LogP contribution in [0, 0.1) is 0 Å². The number of aliphatic hydroxyl groups is 16. The summed E-state index contributed by atoms with van der Waals surface area (Å²) in [7, 11) is 0. The van der Waals surface area contributed by atoms with Crippen molar-refractivity contribution in [3.63, 3.8) is 0 Å². The molecule has 0 aromatic rings. The standard InChI is InChI=1S/C37H62N2O29/c1-9(44)38-17-11(46)3-37(36(58)59,68-30(17)19(48)12(47)4-40)60-8-16-20(49)23(52)26(55)34(64-16)65-28-15(7-43)63-33(18(22(28)51)39-10(2)45)67-31-21(50)13(5-41)62-35(27(31)56)66-29-14(6-42)61-32(57)25(54)24(29)53/h11-35,40-43,46-57H,3-8H2,1-2H3,(H,38,44)(H,39,45)(H,58,59)/t11-,12+,13+,14+,15+,16+,17+,18+,19+,20-,21-,22+,23-,24+,25+,26+,27+,28-,29+,30+,31-,32+,33-,34-,35-,37?/m0/s1. The third-order valence-electron chi connectivity index (χ3n) is 12.1. The number of hydrogen-bond acceptors (Lipinski definition) is 28. The Morgan fingerprint density at radius 3 is 1.66 bits per heavy atom. The van der Waals surface area contributed by atoms with E-state index in [9.17, 15) is 101 Å². The molecule has 0 aromatic carbocycles. The molecule has 5 saturated heterocycles. The van der Waals surface area contributed by atoms with Gasteiger partial charge in [-0.3, -0.25) is 9.59 Å². The molecular weight excluding hydrogens is 936 g/mol. The summed E-state index contributed by atoms with van der Waals surface area (Å²) >= 11 is 0. The minimum atomic E-state index is -2.96. The van der Waals surface area contributed by atoms with E-state index in [1.165, 1.54) is 0 Å². The van der Waals surface area contributed by atoms with E-state index in [1.807, 2.05) is 0 Å². The molecule has 26 atom stereocenters. The van der Waals surface area contributed by atoms with Crippen LogP contribution < -0.4 is 10.6 Å². The highest BCUT2D eigenvalue weighted by atomic mass is 16.8. The Morgan fingerprint density at radius 2 is 1.10 bits per heavy atom. The van der Waals surface area contributed by atoms with Crippen molar-refractivity contribution in [3.05, 3.63) is 0 Å².